The van der Waals surface area contributed by atoms with E-state index in [0.29, 0.717) is 27.6 Å². The maximum absolute atomic E-state index is 12.3. The number of nitrogens with one attached hydrogen (secondary N) is 1. The van der Waals surface area contributed by atoms with E-state index in [9.17, 15) is 14.4 Å². The number of hydrogen-bond acceptors (Lipinski definition) is 5. The van der Waals surface area contributed by atoms with Gasteiger partial charge in [0.2, 0.25) is 5.91 Å². The SMILES string of the molecule is COC(=O)c1cccc(NC(=O)CCC(=O)c2cc(Cl)ccc2OC)c1. The molecule has 0 saturated heterocycles. The average molecular weight is 376 g/mol. The van der Waals surface area contributed by atoms with E-state index >= 15 is 0 Å². The maximum atomic E-state index is 12.3. The Hall–Kier alpha value is -2.86. The van der Waals surface area contributed by atoms with Gasteiger partial charge in [0.05, 0.1) is 25.3 Å². The summed E-state index contributed by atoms with van der Waals surface area (Å²) in [5.41, 5.74) is 1.11. The summed E-state index contributed by atoms with van der Waals surface area (Å²) in [6, 6.07) is 11.1. The number of carbonyl (C=O) groups excluding carboxylic acids is 3. The van der Waals surface area contributed by atoms with E-state index in [-0.39, 0.29) is 24.5 Å². The van der Waals surface area contributed by atoms with Crippen molar-refractivity contribution in [2.24, 2.45) is 0 Å². The number of Topliss-reactive ketones (excluding diaryl/α,β-unsaturated/α-hetero) is 1. The number of amides is 1. The topological polar surface area (TPSA) is 81.7 Å². The second kappa shape index (κ2) is 9.01. The first-order chi connectivity index (χ1) is 12.4. The van der Waals surface area contributed by atoms with Crippen molar-refractivity contribution in [1.29, 1.82) is 0 Å². The molecule has 0 aromatic heterocycles. The van der Waals surface area contributed by atoms with Crippen LogP contribution in [0.15, 0.2) is 42.5 Å². The lowest BCUT2D eigenvalue weighted by Gasteiger charge is -2.09. The first kappa shape index (κ1) is 19.5. The Kier molecular flexibility index (Phi) is 6.74. The summed E-state index contributed by atoms with van der Waals surface area (Å²) in [6.45, 7) is 0. The molecule has 6 nitrogen and oxygen atoms in total. The molecule has 0 bridgehead atoms. The van der Waals surface area contributed by atoms with Gasteiger partial charge in [-0.15, -0.1) is 0 Å². The molecule has 26 heavy (non-hydrogen) atoms. The van der Waals surface area contributed by atoms with Crippen LogP contribution in [0.25, 0.3) is 0 Å². The molecule has 0 aliphatic heterocycles. The van der Waals surface area contributed by atoms with Gasteiger partial charge in [0.25, 0.3) is 0 Å². The molecule has 0 radical (unpaired) electrons. The third kappa shape index (κ3) is 5.07. The van der Waals surface area contributed by atoms with Crippen molar-refractivity contribution in [3.63, 3.8) is 0 Å². The van der Waals surface area contributed by atoms with E-state index in [2.05, 4.69) is 10.1 Å². The number of hydrogen-bond donors (Lipinski definition) is 1. The van der Waals surface area contributed by atoms with E-state index in [1.807, 2.05) is 0 Å². The molecule has 2 aromatic rings. The summed E-state index contributed by atoms with van der Waals surface area (Å²) in [7, 11) is 2.74. The van der Waals surface area contributed by atoms with Gasteiger partial charge >= 0.3 is 5.97 Å². The Morgan fingerprint density at radius 3 is 2.50 bits per heavy atom. The van der Waals surface area contributed by atoms with E-state index in [1.165, 1.54) is 26.4 Å². The monoisotopic (exact) mass is 375 g/mol. The number of anilines is 1. The van der Waals surface area contributed by atoms with Gasteiger partial charge in [0, 0.05) is 23.6 Å². The van der Waals surface area contributed by atoms with Crippen molar-refractivity contribution in [2.45, 2.75) is 12.8 Å². The van der Waals surface area contributed by atoms with Crippen LogP contribution < -0.4 is 10.1 Å². The normalized spacial score (nSPS) is 10.1. The second-order valence-electron chi connectivity index (χ2n) is 5.39. The highest BCUT2D eigenvalue weighted by Gasteiger charge is 2.15. The van der Waals surface area contributed by atoms with Crippen LogP contribution in [-0.2, 0) is 9.53 Å². The molecule has 0 spiro atoms. The zero-order valence-corrected chi connectivity index (χ0v) is 15.1. The van der Waals surface area contributed by atoms with Crippen molar-refractivity contribution >= 4 is 34.9 Å². The molecule has 0 heterocycles. The summed E-state index contributed by atoms with van der Waals surface area (Å²) in [5, 5.41) is 3.07. The number of benzene rings is 2. The van der Waals surface area contributed by atoms with Crippen LogP contribution in [0.3, 0.4) is 0 Å². The highest BCUT2D eigenvalue weighted by Crippen LogP contribution is 2.24. The van der Waals surface area contributed by atoms with Crippen molar-refractivity contribution in [3.05, 3.63) is 58.6 Å². The second-order valence-corrected chi connectivity index (χ2v) is 5.82. The van der Waals surface area contributed by atoms with Crippen molar-refractivity contribution in [3.8, 4) is 5.75 Å². The van der Waals surface area contributed by atoms with Gasteiger partial charge in [0.15, 0.2) is 5.78 Å². The first-order valence-electron chi connectivity index (χ1n) is 7.79. The zero-order valence-electron chi connectivity index (χ0n) is 14.4. The van der Waals surface area contributed by atoms with Gasteiger partial charge in [0.1, 0.15) is 5.75 Å². The fraction of sp³-hybridized carbons (Fsp3) is 0.211. The predicted octanol–water partition coefficient (Wildman–Crippen LogP) is 3.74. The Morgan fingerprint density at radius 1 is 1.04 bits per heavy atom. The molecule has 136 valence electrons. The molecule has 0 atom stereocenters. The fourth-order valence-electron chi connectivity index (χ4n) is 2.33. The summed E-state index contributed by atoms with van der Waals surface area (Å²) in [6.07, 6.45) is -0.0177. The lowest BCUT2D eigenvalue weighted by molar-refractivity contribution is -0.116. The van der Waals surface area contributed by atoms with Crippen molar-refractivity contribution < 1.29 is 23.9 Å². The number of methoxy groups -OCH3 is 2. The average Bonchev–Trinajstić information content (AvgIpc) is 2.65. The van der Waals surface area contributed by atoms with Gasteiger partial charge in [-0.2, -0.15) is 0 Å². The molecule has 0 fully saturated rings. The Labute approximate surface area is 156 Å². The summed E-state index contributed by atoms with van der Waals surface area (Å²) < 4.78 is 9.78. The maximum Gasteiger partial charge on any atom is 0.337 e. The van der Waals surface area contributed by atoms with E-state index in [0.717, 1.165) is 0 Å². The number of ether oxygens (including phenoxy) is 2. The number of ketones is 1. The molecule has 1 amide bonds. The van der Waals surface area contributed by atoms with Crippen LogP contribution in [0.2, 0.25) is 5.02 Å². The smallest absolute Gasteiger partial charge is 0.337 e. The third-order valence-electron chi connectivity index (χ3n) is 3.61. The molecule has 2 rings (SSSR count). The Morgan fingerprint density at radius 2 is 1.81 bits per heavy atom. The standard InChI is InChI=1S/C19H18ClNO5/c1-25-17-8-6-13(20)11-15(17)16(22)7-9-18(23)21-14-5-3-4-12(10-14)19(24)26-2/h3-6,8,10-11H,7,9H2,1-2H3,(H,21,23). The minimum atomic E-state index is -0.496. The van der Waals surface area contributed by atoms with Crippen LogP contribution in [0.4, 0.5) is 5.69 Å². The summed E-state index contributed by atoms with van der Waals surface area (Å²) >= 11 is 5.92. The Bertz CT molecular complexity index is 834. The van der Waals surface area contributed by atoms with Gasteiger partial charge in [-0.05, 0) is 36.4 Å². The number of halogens is 1. The Balaban J connectivity index is 1.98. The van der Waals surface area contributed by atoms with Crippen LogP contribution >= 0.6 is 11.6 Å². The van der Waals surface area contributed by atoms with Crippen molar-refractivity contribution in [2.75, 3.05) is 19.5 Å². The van der Waals surface area contributed by atoms with Crippen molar-refractivity contribution in [1.82, 2.24) is 0 Å². The van der Waals surface area contributed by atoms with Crippen LogP contribution in [0.1, 0.15) is 33.6 Å². The molecular weight excluding hydrogens is 358 g/mol. The predicted molar refractivity (Wildman–Crippen MR) is 98.0 cm³/mol. The fourth-order valence-corrected chi connectivity index (χ4v) is 2.50. The quantitative estimate of drug-likeness (QED) is 0.589. The minimum absolute atomic E-state index is 0.000766. The highest BCUT2D eigenvalue weighted by molar-refractivity contribution is 6.31. The van der Waals surface area contributed by atoms with E-state index in [1.54, 1.807) is 30.3 Å². The lowest BCUT2D eigenvalue weighted by Crippen LogP contribution is -2.14. The molecular formula is C19H18ClNO5. The van der Waals surface area contributed by atoms with Crippen LogP contribution in [-0.4, -0.2) is 31.9 Å². The zero-order chi connectivity index (χ0) is 19.1. The molecule has 2 aromatic carbocycles. The molecule has 0 aliphatic carbocycles. The van der Waals surface area contributed by atoms with Gasteiger partial charge < -0.3 is 14.8 Å². The van der Waals surface area contributed by atoms with Gasteiger partial charge in [-0.25, -0.2) is 4.79 Å². The highest BCUT2D eigenvalue weighted by atomic mass is 35.5. The lowest BCUT2D eigenvalue weighted by atomic mass is 10.1. The molecule has 1 N–H and O–H groups in total. The number of rotatable bonds is 7. The first-order valence-corrected chi connectivity index (χ1v) is 8.17. The van der Waals surface area contributed by atoms with Crippen LogP contribution in [0.5, 0.6) is 5.75 Å². The van der Waals surface area contributed by atoms with Crippen LogP contribution in [0, 0.1) is 0 Å². The molecule has 0 aliphatic rings. The molecule has 0 unspecified atom stereocenters. The minimum Gasteiger partial charge on any atom is -0.496 e. The largest absolute Gasteiger partial charge is 0.496 e. The number of esters is 1. The number of carbonyl (C=O) groups is 3. The molecule has 7 heteroatoms. The van der Waals surface area contributed by atoms with E-state index < -0.39 is 5.97 Å². The van der Waals surface area contributed by atoms with Gasteiger partial charge in [-0.3, -0.25) is 9.59 Å². The summed E-state index contributed by atoms with van der Waals surface area (Å²) in [5.74, 6) is -0.681. The summed E-state index contributed by atoms with van der Waals surface area (Å²) in [4.78, 5) is 35.9. The van der Waals surface area contributed by atoms with Gasteiger partial charge in [-0.1, -0.05) is 17.7 Å². The van der Waals surface area contributed by atoms with E-state index in [4.69, 9.17) is 16.3 Å². The molecule has 0 saturated carbocycles. The third-order valence-corrected chi connectivity index (χ3v) is 3.84.